The second-order valence-corrected chi connectivity index (χ2v) is 35.5. The van der Waals surface area contributed by atoms with Crippen molar-refractivity contribution in [3.63, 3.8) is 0 Å². The minimum absolute atomic E-state index is 0.103. The van der Waals surface area contributed by atoms with E-state index in [0.29, 0.717) is 12.8 Å². The molecule has 127 heavy (non-hydrogen) atoms. The van der Waals surface area contributed by atoms with Gasteiger partial charge in [0.25, 0.3) is 0 Å². The van der Waals surface area contributed by atoms with E-state index in [1.807, 2.05) is 69.2 Å². The van der Waals surface area contributed by atoms with Crippen molar-refractivity contribution in [3.05, 3.63) is 158 Å². The molecule has 1 aromatic heterocycles. The number of Topliss-reactive ketones (excluding diaryl/α,β-unsaturated/α-hetero) is 2. The number of carboxylic acid groups (broad SMARTS) is 1. The van der Waals surface area contributed by atoms with Crippen molar-refractivity contribution >= 4 is 87.3 Å². The van der Waals surface area contributed by atoms with Crippen LogP contribution in [0.15, 0.2) is 115 Å². The van der Waals surface area contributed by atoms with E-state index in [-0.39, 0.29) is 52.6 Å². The highest BCUT2D eigenvalue weighted by molar-refractivity contribution is 7.15. The van der Waals surface area contributed by atoms with E-state index < -0.39 is 280 Å². The molecule has 23 atom stereocenters. The number of likely N-dealkylation sites (N-methyl/N-ethyl adjacent to an activating group) is 1. The summed E-state index contributed by atoms with van der Waals surface area (Å²) < 4.78 is 51.7. The molecule has 5 amide bonds. The Labute approximate surface area is 741 Å². The highest BCUT2D eigenvalue weighted by atomic mass is 35.5. The number of ketones is 2. The van der Waals surface area contributed by atoms with Crippen LogP contribution in [-0.4, -0.2) is 240 Å². The summed E-state index contributed by atoms with van der Waals surface area (Å²) in [7, 11) is 5.37. The number of amides is 5. The average molecular weight is 1820 g/mol. The number of aliphatic hydroxyl groups excluding tert-OH is 8. The third-order valence-corrected chi connectivity index (χ3v) is 25.3. The lowest BCUT2D eigenvalue weighted by molar-refractivity contribution is -0.351. The molecule has 9 heterocycles. The number of rotatable bonds is 21. The lowest BCUT2D eigenvalue weighted by atomic mass is 9.84. The van der Waals surface area contributed by atoms with Gasteiger partial charge in [-0.3, -0.25) is 33.6 Å². The summed E-state index contributed by atoms with van der Waals surface area (Å²) in [5.41, 5.74) is 10.6. The summed E-state index contributed by atoms with van der Waals surface area (Å²) in [5, 5.41) is 152. The van der Waals surface area contributed by atoms with Gasteiger partial charge in [0.1, 0.15) is 102 Å². The van der Waals surface area contributed by atoms with Gasteiger partial charge < -0.3 is 142 Å². The van der Waals surface area contributed by atoms with Gasteiger partial charge in [0.2, 0.25) is 41.6 Å². The molecule has 21 N–H and O–H groups in total. The van der Waals surface area contributed by atoms with Gasteiger partial charge in [-0.25, -0.2) is 4.79 Å². The summed E-state index contributed by atoms with van der Waals surface area (Å²) in [6.45, 7) is 5.52. The van der Waals surface area contributed by atoms with Crippen LogP contribution in [0.3, 0.4) is 0 Å². The van der Waals surface area contributed by atoms with Crippen molar-refractivity contribution in [1.29, 1.82) is 0 Å². The van der Waals surface area contributed by atoms with Gasteiger partial charge in [-0.15, -0.1) is 11.3 Å². The van der Waals surface area contributed by atoms with Crippen LogP contribution in [0, 0.1) is 11.8 Å². The normalized spacial score (nSPS) is 29.6. The smallest absolute Gasteiger partial charge is 0.330 e. The molecule has 0 spiro atoms. The topological polar surface area (TPSA) is 569 Å². The Kier molecular flexibility index (Phi) is 29.3. The molecule has 15 rings (SSSR count). The van der Waals surface area contributed by atoms with Gasteiger partial charge in [0.05, 0.1) is 52.8 Å². The highest BCUT2D eigenvalue weighted by Crippen LogP contribution is 2.51. The number of carbonyl (C=O) groups is 8. The van der Waals surface area contributed by atoms with Crippen LogP contribution in [0.5, 0.6) is 46.0 Å². The number of aromatic hydroxyl groups is 3. The summed E-state index contributed by atoms with van der Waals surface area (Å²) in [4.78, 5) is 125. The number of aliphatic hydroxyl groups is 8. The maximum Gasteiger partial charge on any atom is 0.330 e. The molecular weight excluding hydrogens is 1720 g/mol. The van der Waals surface area contributed by atoms with E-state index in [2.05, 4.69) is 26.6 Å². The van der Waals surface area contributed by atoms with E-state index in [4.69, 9.17) is 72.6 Å². The van der Waals surface area contributed by atoms with E-state index in [0.717, 1.165) is 69.5 Å². The number of ether oxygens (including phenoxy) is 8. The summed E-state index contributed by atoms with van der Waals surface area (Å²) in [5.74, 6) is -19.2. The maximum atomic E-state index is 16.6. The number of phenolic OH excluding ortho intramolecular Hbond substituents is 3. The molecule has 682 valence electrons. The van der Waals surface area contributed by atoms with Gasteiger partial charge in [-0.2, -0.15) is 0 Å². The van der Waals surface area contributed by atoms with E-state index in [1.165, 1.54) is 51.2 Å². The van der Waals surface area contributed by atoms with E-state index >= 15 is 24.0 Å². The fourth-order valence-corrected chi connectivity index (χ4v) is 18.2. The van der Waals surface area contributed by atoms with E-state index in [1.54, 1.807) is 11.3 Å². The van der Waals surface area contributed by atoms with Crippen LogP contribution in [0.4, 0.5) is 5.69 Å². The third-order valence-electron chi connectivity index (χ3n) is 23.5. The molecule has 36 nitrogen and oxygen atoms in total. The average Bonchev–Trinajstić information content (AvgIpc) is 1.08. The fourth-order valence-electron chi connectivity index (χ4n) is 16.7. The minimum Gasteiger partial charge on any atom is -0.508 e. The molecule has 3 fully saturated rings. The van der Waals surface area contributed by atoms with Gasteiger partial charge in [0, 0.05) is 83.5 Å². The molecule has 11 bridgehead atoms. The standard InChI is InChI=1S/C88H102Cl2N8O28S/c1-36(2)23-52(93-5)83(115)96-69-55(103)27-43(30-64(91)105)81(113)94-67-42-28-60(120-57-20-14-40(71(69)106)25-50(57)89)78(125-87-76(111)74(109)79(62(35-99)123-87)126-86-75(110)73(108)72(107)59(122-86)10-8-9-46-18-22-63(127-46)38-11-16-44(17-12-38)98(6)7)61(29-42)121-58-21-15-41(26-51(58)90)77(124-65-34-88(4,92)80(112)37(3)119-65)70-84(116)95-68(85(117)118)49-31-45(100)32-54(102)66(49)48-24-39(13-19-53(48)101)47(33-56(67)104)82(114)97-70/h11-22,24-26,28-29,31-32,36-37,43,47,52,59,62,65,67-77,79-80,86-87,93,99-102,106-112H,8-10,23,27,30,33-35,92H2,1-7H3,(H2,91,105)(H,94,113)(H,95,116)(H,96,115)(H,97,114)(H,117,118)/t37-,43+,47-,52+,59+,62+,65?,67+,68-,69?,70-,71+,72-,73-,74+,75+,76+,77+,79+,80-,86-,87-,88-/m0/s1. The number of carboxylic acids is 1. The molecule has 3 saturated heterocycles. The van der Waals surface area contributed by atoms with Crippen molar-refractivity contribution in [2.45, 2.75) is 213 Å². The van der Waals surface area contributed by atoms with Crippen molar-refractivity contribution < 1.29 is 138 Å². The van der Waals surface area contributed by atoms with Crippen LogP contribution in [0.2, 0.25) is 10.0 Å². The number of anilines is 1. The number of thiophene rings is 1. The first kappa shape index (κ1) is 94.4. The predicted octanol–water partition coefficient (Wildman–Crippen LogP) is 4.73. The molecule has 8 aliphatic heterocycles. The molecule has 0 radical (unpaired) electrons. The van der Waals surface area contributed by atoms with Gasteiger partial charge in [-0.1, -0.05) is 67.4 Å². The number of primary amides is 1. The Morgan fingerprint density at radius 1 is 0.693 bits per heavy atom. The zero-order valence-electron chi connectivity index (χ0n) is 69.8. The lowest BCUT2D eigenvalue weighted by Crippen LogP contribution is -2.64. The second kappa shape index (κ2) is 39.4. The molecule has 6 aromatic carbocycles. The van der Waals surface area contributed by atoms with Crippen molar-refractivity contribution in [2.24, 2.45) is 23.3 Å². The van der Waals surface area contributed by atoms with Crippen LogP contribution < -0.4 is 57.2 Å². The Morgan fingerprint density at radius 2 is 1.35 bits per heavy atom. The minimum atomic E-state index is -2.33. The second-order valence-electron chi connectivity index (χ2n) is 33.5. The van der Waals surface area contributed by atoms with Gasteiger partial charge in [0.15, 0.2) is 41.7 Å². The molecule has 8 aliphatic rings. The number of nitrogens with one attached hydrogen (secondary N) is 5. The van der Waals surface area contributed by atoms with Crippen molar-refractivity contribution in [1.82, 2.24) is 26.6 Å². The van der Waals surface area contributed by atoms with Gasteiger partial charge >= 0.3 is 5.97 Å². The highest BCUT2D eigenvalue weighted by Gasteiger charge is 2.53. The molecule has 2 unspecified atom stereocenters. The zero-order valence-corrected chi connectivity index (χ0v) is 72.1. The Bertz CT molecular complexity index is 5280. The number of halogens is 2. The monoisotopic (exact) mass is 1820 g/mol. The molecular formula is C88H102Cl2N8O28S. The van der Waals surface area contributed by atoms with Crippen molar-refractivity contribution in [2.75, 3.05) is 32.6 Å². The molecule has 0 saturated carbocycles. The summed E-state index contributed by atoms with van der Waals surface area (Å²) in [6.07, 6.45) is -29.4. The summed E-state index contributed by atoms with van der Waals surface area (Å²) in [6, 6.07) is 16.5. The number of nitrogens with two attached hydrogens (primary N) is 2. The maximum absolute atomic E-state index is 16.6. The lowest BCUT2D eigenvalue weighted by Gasteiger charge is -2.46. The van der Waals surface area contributed by atoms with E-state index in [9.17, 15) is 75.7 Å². The van der Waals surface area contributed by atoms with Crippen LogP contribution in [-0.2, 0) is 68.5 Å². The predicted molar refractivity (Wildman–Crippen MR) is 455 cm³/mol. The van der Waals surface area contributed by atoms with Gasteiger partial charge in [-0.05, 0) is 159 Å². The number of fused-ring (bicyclic) bond motifs is 15. The summed E-state index contributed by atoms with van der Waals surface area (Å²) >= 11 is 16.1. The van der Waals surface area contributed by atoms with Crippen LogP contribution >= 0.6 is 34.5 Å². The number of aryl methyl sites for hydroxylation is 1. The number of benzene rings is 6. The van der Waals surface area contributed by atoms with Crippen molar-refractivity contribution in [3.8, 4) is 67.6 Å². The quantitative estimate of drug-likeness (QED) is 0.0462. The molecule has 0 aliphatic carbocycles. The first-order valence-corrected chi connectivity index (χ1v) is 42.7. The number of hydrogen-bond donors (Lipinski definition) is 19. The SMILES string of the molecule is CN[C@H](CC(C)C)C(=O)NC1C(=O)C[C@H](CC(N)=O)C(=O)N[C@H]2C(=O)C[C@@H]3C(=O)N[C@H](C(=O)N[C@H](C(=O)O)c4cc(O)cc(O)c4-c4cc3ccc4O)[C@H](OC3C[C@](C)(N)[C@@H](O)[C@H](C)O3)c3ccc(c(Cl)c3)Oc3cc2cc(c3O[C@@H]2O[C@H](CO)[C@@H](O[C@@H]3O[C@H](CCCc4ccc(-c5ccc(N(C)C)cc5)s4)[C@H](O)[C@H](O)[C@H]3O)[C@H](O)[C@H]2O)Oc2ccc(cc2Cl)[C@H]1O. The number of hydrogen-bond acceptors (Lipinski definition) is 31. The molecule has 39 heteroatoms. The Hall–Kier alpha value is -10.2. The fraction of sp³-hybridized carbons (Fsp3) is 0.455. The largest absolute Gasteiger partial charge is 0.508 e. The van der Waals surface area contributed by atoms with Crippen LogP contribution in [0.1, 0.15) is 136 Å². The number of phenols is 3. The number of carbonyl (C=O) groups excluding carboxylic acids is 7. The Morgan fingerprint density at radius 3 is 1.98 bits per heavy atom. The van der Waals surface area contributed by atoms with Crippen LogP contribution in [0.25, 0.3) is 21.6 Å². The zero-order chi connectivity index (χ0) is 91.8. The Balaban J connectivity index is 0.957. The first-order valence-electron chi connectivity index (χ1n) is 41.1. The molecule has 7 aromatic rings. The number of aliphatic carboxylic acids is 1. The number of nitrogens with zero attached hydrogens (tertiary/aromatic N) is 1. The first-order chi connectivity index (χ1) is 60.2. The third kappa shape index (κ3) is 20.7.